The number of carbonyl (C=O) groups is 3. The normalized spacial score (nSPS) is 49.7. The van der Waals surface area contributed by atoms with Crippen molar-refractivity contribution in [2.24, 2.45) is 39.4 Å². The number of esters is 1. The highest BCUT2D eigenvalue weighted by Crippen LogP contribution is 2.80. The molecule has 0 aromatic heterocycles. The van der Waals surface area contributed by atoms with Crippen LogP contribution in [0.1, 0.15) is 65.7 Å². The van der Waals surface area contributed by atoms with Crippen molar-refractivity contribution >= 4 is 17.5 Å². The standard InChI is InChI=1S/C25H32O4/c1-15(26)25-12-11-24(14-20(25)21(28)29-4)19-6-5-16-13-17(27)7-9-22(16,2)18(19)8-10-23(24,25)3/h11-13,18-20H,5-10,14H2,1-4H3. The molecule has 0 aromatic rings. The predicted octanol–water partition coefficient (Wildman–Crippen LogP) is 4.43. The lowest BCUT2D eigenvalue weighted by Crippen LogP contribution is -2.56. The summed E-state index contributed by atoms with van der Waals surface area (Å²) in [5.74, 6) is 0.725. The van der Waals surface area contributed by atoms with Crippen LogP contribution in [-0.4, -0.2) is 24.6 Å². The number of Topliss-reactive ketones (excluding diaryl/α,β-unsaturated/α-hetero) is 1. The number of fused-ring (bicyclic) bond motifs is 3. The van der Waals surface area contributed by atoms with Gasteiger partial charge in [0.15, 0.2) is 5.78 Å². The van der Waals surface area contributed by atoms with Crippen LogP contribution >= 0.6 is 0 Å². The van der Waals surface area contributed by atoms with Gasteiger partial charge < -0.3 is 4.74 Å². The van der Waals surface area contributed by atoms with Crippen molar-refractivity contribution in [2.75, 3.05) is 7.11 Å². The Morgan fingerprint density at radius 3 is 2.52 bits per heavy atom. The van der Waals surface area contributed by atoms with Gasteiger partial charge in [-0.15, -0.1) is 0 Å². The minimum absolute atomic E-state index is 0.0750. The molecule has 156 valence electrons. The van der Waals surface area contributed by atoms with E-state index < -0.39 is 5.41 Å². The molecule has 7 unspecified atom stereocenters. The number of hydrogen-bond donors (Lipinski definition) is 0. The number of allylic oxidation sites excluding steroid dienone is 3. The average Bonchev–Trinajstić information content (AvgIpc) is 3.10. The van der Waals surface area contributed by atoms with Crippen molar-refractivity contribution in [3.8, 4) is 0 Å². The van der Waals surface area contributed by atoms with Gasteiger partial charge in [-0.05, 0) is 79.6 Å². The highest BCUT2D eigenvalue weighted by atomic mass is 16.5. The first-order valence-corrected chi connectivity index (χ1v) is 11.2. The molecule has 3 fully saturated rings. The number of carbonyl (C=O) groups excluding carboxylic acids is 3. The van der Waals surface area contributed by atoms with Crippen molar-refractivity contribution < 1.29 is 19.1 Å². The Labute approximate surface area is 173 Å². The van der Waals surface area contributed by atoms with Crippen LogP contribution < -0.4 is 0 Å². The van der Waals surface area contributed by atoms with Gasteiger partial charge in [0.2, 0.25) is 0 Å². The summed E-state index contributed by atoms with van der Waals surface area (Å²) < 4.78 is 5.19. The van der Waals surface area contributed by atoms with Crippen molar-refractivity contribution in [2.45, 2.75) is 65.7 Å². The van der Waals surface area contributed by atoms with Gasteiger partial charge in [-0.3, -0.25) is 14.4 Å². The summed E-state index contributed by atoms with van der Waals surface area (Å²) in [4.78, 5) is 38.0. The number of methoxy groups -OCH3 is 1. The third-order valence-corrected chi connectivity index (χ3v) is 10.3. The van der Waals surface area contributed by atoms with Gasteiger partial charge in [0.1, 0.15) is 5.78 Å². The third kappa shape index (κ3) is 1.95. The van der Waals surface area contributed by atoms with E-state index in [0.717, 1.165) is 38.5 Å². The molecule has 0 spiro atoms. The Morgan fingerprint density at radius 1 is 1.07 bits per heavy atom. The Kier molecular flexibility index (Phi) is 3.79. The summed E-state index contributed by atoms with van der Waals surface area (Å²) >= 11 is 0. The Morgan fingerprint density at radius 2 is 1.83 bits per heavy atom. The highest BCUT2D eigenvalue weighted by Gasteiger charge is 2.78. The SMILES string of the molecule is COC(=O)C1CC23C=CC1(C(C)=O)C2(C)CCC1C3CCC2=CC(=O)CCC21C. The number of rotatable bonds is 2. The van der Waals surface area contributed by atoms with Gasteiger partial charge in [-0.25, -0.2) is 0 Å². The molecule has 7 atom stereocenters. The zero-order chi connectivity index (χ0) is 20.8. The molecule has 0 radical (unpaired) electrons. The Hall–Kier alpha value is -1.71. The molecule has 4 nitrogen and oxygen atoms in total. The molecule has 5 rings (SSSR count). The second-order valence-electron chi connectivity index (χ2n) is 10.8. The smallest absolute Gasteiger partial charge is 0.310 e. The maximum atomic E-state index is 13.1. The van der Waals surface area contributed by atoms with Crippen molar-refractivity contribution in [3.63, 3.8) is 0 Å². The molecule has 4 heteroatoms. The molecule has 0 amide bonds. The van der Waals surface area contributed by atoms with E-state index in [1.54, 1.807) is 6.92 Å². The second kappa shape index (κ2) is 5.70. The van der Waals surface area contributed by atoms with Crippen LogP contribution in [0.5, 0.6) is 0 Å². The van der Waals surface area contributed by atoms with Crippen LogP contribution in [0, 0.1) is 39.4 Å². The minimum Gasteiger partial charge on any atom is -0.469 e. The lowest BCUT2D eigenvalue weighted by atomic mass is 9.41. The zero-order valence-corrected chi connectivity index (χ0v) is 18.0. The van der Waals surface area contributed by atoms with Crippen LogP contribution in [0.15, 0.2) is 23.8 Å². The molecule has 5 aliphatic rings. The second-order valence-corrected chi connectivity index (χ2v) is 10.8. The van der Waals surface area contributed by atoms with Gasteiger partial charge in [-0.1, -0.05) is 31.6 Å². The zero-order valence-electron chi connectivity index (χ0n) is 18.0. The predicted molar refractivity (Wildman–Crippen MR) is 109 cm³/mol. The van der Waals surface area contributed by atoms with E-state index in [-0.39, 0.29) is 39.7 Å². The fourth-order valence-corrected chi connectivity index (χ4v) is 8.91. The molecule has 0 heterocycles. The average molecular weight is 397 g/mol. The first-order chi connectivity index (χ1) is 13.7. The van der Waals surface area contributed by atoms with E-state index in [9.17, 15) is 14.4 Å². The summed E-state index contributed by atoms with van der Waals surface area (Å²) in [5, 5.41) is 0. The summed E-state index contributed by atoms with van der Waals surface area (Å²) in [7, 11) is 1.44. The monoisotopic (exact) mass is 396 g/mol. The number of hydrogen-bond acceptors (Lipinski definition) is 4. The van der Waals surface area contributed by atoms with Gasteiger partial charge >= 0.3 is 5.97 Å². The first kappa shape index (κ1) is 19.3. The van der Waals surface area contributed by atoms with E-state index in [4.69, 9.17) is 4.74 Å². The van der Waals surface area contributed by atoms with Gasteiger partial charge in [0.25, 0.3) is 0 Å². The fraction of sp³-hybridized carbons (Fsp3) is 0.720. The van der Waals surface area contributed by atoms with Crippen LogP contribution in [0.3, 0.4) is 0 Å². The van der Waals surface area contributed by atoms with Crippen molar-refractivity contribution in [1.29, 1.82) is 0 Å². The summed E-state index contributed by atoms with van der Waals surface area (Å²) in [6.45, 7) is 6.30. The molecule has 3 saturated carbocycles. The van der Waals surface area contributed by atoms with E-state index in [1.807, 2.05) is 6.08 Å². The summed E-state index contributed by atoms with van der Waals surface area (Å²) in [6.07, 6.45) is 12.7. The van der Waals surface area contributed by atoms with Crippen LogP contribution in [0.2, 0.25) is 0 Å². The highest BCUT2D eigenvalue weighted by molar-refractivity contribution is 5.94. The molecular weight excluding hydrogens is 364 g/mol. The van der Waals surface area contributed by atoms with Crippen molar-refractivity contribution in [1.82, 2.24) is 0 Å². The molecule has 0 aliphatic heterocycles. The molecule has 5 aliphatic carbocycles. The van der Waals surface area contributed by atoms with E-state index >= 15 is 0 Å². The molecule has 0 saturated heterocycles. The van der Waals surface area contributed by atoms with Crippen LogP contribution in [0.4, 0.5) is 0 Å². The topological polar surface area (TPSA) is 60.4 Å². The fourth-order valence-electron chi connectivity index (χ4n) is 8.91. The van der Waals surface area contributed by atoms with E-state index in [0.29, 0.717) is 18.3 Å². The Bertz CT molecular complexity index is 883. The Balaban J connectivity index is 1.63. The van der Waals surface area contributed by atoms with E-state index in [1.165, 1.54) is 12.7 Å². The van der Waals surface area contributed by atoms with E-state index in [2.05, 4.69) is 26.0 Å². The van der Waals surface area contributed by atoms with Crippen molar-refractivity contribution in [3.05, 3.63) is 23.8 Å². The quantitative estimate of drug-likeness (QED) is 0.512. The molecule has 29 heavy (non-hydrogen) atoms. The maximum Gasteiger partial charge on any atom is 0.310 e. The molecular formula is C25H32O4. The maximum absolute atomic E-state index is 13.1. The molecule has 0 aromatic carbocycles. The van der Waals surface area contributed by atoms with Gasteiger partial charge in [-0.2, -0.15) is 0 Å². The third-order valence-electron chi connectivity index (χ3n) is 10.3. The first-order valence-electron chi connectivity index (χ1n) is 11.2. The minimum atomic E-state index is -0.732. The van der Waals surface area contributed by atoms with Crippen LogP contribution in [0.25, 0.3) is 0 Å². The summed E-state index contributed by atoms with van der Waals surface area (Å²) in [6, 6.07) is 0. The molecule has 2 bridgehead atoms. The largest absolute Gasteiger partial charge is 0.469 e. The lowest BCUT2D eigenvalue weighted by molar-refractivity contribution is -0.155. The molecule has 0 N–H and O–H groups in total. The summed E-state index contributed by atoms with van der Waals surface area (Å²) in [5.41, 5.74) is 0.331. The number of ether oxygens (including phenoxy) is 1. The van der Waals surface area contributed by atoms with Gasteiger partial charge in [0.05, 0.1) is 18.4 Å². The number of ketones is 2. The van der Waals surface area contributed by atoms with Gasteiger partial charge in [0, 0.05) is 6.42 Å². The van der Waals surface area contributed by atoms with Crippen LogP contribution in [-0.2, 0) is 19.1 Å². The lowest BCUT2D eigenvalue weighted by Gasteiger charge is -2.62.